The standard InChI is InChI=1S/C16H30O/c1-4-5-6-14-8-10-15(11-9-14)16(17)12-7-13(2)3/h13-15H,4-12H2,1-3H3. The quantitative estimate of drug-likeness (QED) is 0.611. The van der Waals surface area contributed by atoms with Crippen molar-refractivity contribution >= 4 is 5.78 Å². The molecule has 17 heavy (non-hydrogen) atoms. The van der Waals surface area contributed by atoms with Gasteiger partial charge in [0.15, 0.2) is 0 Å². The van der Waals surface area contributed by atoms with Gasteiger partial charge in [0.25, 0.3) is 0 Å². The first kappa shape index (κ1) is 14.7. The molecule has 1 aliphatic rings. The van der Waals surface area contributed by atoms with Gasteiger partial charge >= 0.3 is 0 Å². The molecule has 0 N–H and O–H groups in total. The molecule has 0 aromatic heterocycles. The van der Waals surface area contributed by atoms with Crippen LogP contribution in [0.1, 0.15) is 78.6 Å². The molecule has 0 aliphatic heterocycles. The number of Topliss-reactive ketones (excluding diaryl/α,β-unsaturated/α-hetero) is 1. The van der Waals surface area contributed by atoms with Crippen molar-refractivity contribution in [2.45, 2.75) is 78.6 Å². The number of carbonyl (C=O) groups is 1. The van der Waals surface area contributed by atoms with Crippen LogP contribution in [0.25, 0.3) is 0 Å². The minimum absolute atomic E-state index is 0.409. The monoisotopic (exact) mass is 238 g/mol. The van der Waals surface area contributed by atoms with E-state index in [9.17, 15) is 4.79 Å². The van der Waals surface area contributed by atoms with E-state index in [1.54, 1.807) is 0 Å². The Morgan fingerprint density at radius 3 is 2.35 bits per heavy atom. The highest BCUT2D eigenvalue weighted by molar-refractivity contribution is 5.81. The lowest BCUT2D eigenvalue weighted by Gasteiger charge is -2.27. The minimum Gasteiger partial charge on any atom is -0.299 e. The largest absolute Gasteiger partial charge is 0.299 e. The zero-order valence-electron chi connectivity index (χ0n) is 12.0. The molecule has 0 heterocycles. The summed E-state index contributed by atoms with van der Waals surface area (Å²) in [5.74, 6) is 2.54. The van der Waals surface area contributed by atoms with Crippen LogP contribution in [0, 0.1) is 17.8 Å². The van der Waals surface area contributed by atoms with Gasteiger partial charge in [0, 0.05) is 12.3 Å². The molecule has 0 aromatic rings. The molecule has 0 spiro atoms. The van der Waals surface area contributed by atoms with Crippen molar-refractivity contribution in [2.24, 2.45) is 17.8 Å². The maximum absolute atomic E-state index is 12.0. The molecule has 1 aliphatic carbocycles. The summed E-state index contributed by atoms with van der Waals surface area (Å²) in [7, 11) is 0. The molecule has 0 radical (unpaired) electrons. The first-order chi connectivity index (χ1) is 8.13. The van der Waals surface area contributed by atoms with E-state index < -0.39 is 0 Å². The van der Waals surface area contributed by atoms with Gasteiger partial charge in [-0.25, -0.2) is 0 Å². The normalized spacial score (nSPS) is 25.2. The number of ketones is 1. The summed E-state index contributed by atoms with van der Waals surface area (Å²) in [5.41, 5.74) is 0. The van der Waals surface area contributed by atoms with Gasteiger partial charge in [0.2, 0.25) is 0 Å². The van der Waals surface area contributed by atoms with Crippen LogP contribution < -0.4 is 0 Å². The third kappa shape index (κ3) is 5.70. The third-order valence-electron chi connectivity index (χ3n) is 4.24. The first-order valence-corrected chi connectivity index (χ1v) is 7.66. The Balaban J connectivity index is 2.19. The van der Waals surface area contributed by atoms with Gasteiger partial charge in [-0.2, -0.15) is 0 Å². The van der Waals surface area contributed by atoms with Crippen LogP contribution in [-0.4, -0.2) is 5.78 Å². The van der Waals surface area contributed by atoms with Gasteiger partial charge in [-0.3, -0.25) is 4.79 Å². The van der Waals surface area contributed by atoms with Gasteiger partial charge in [-0.15, -0.1) is 0 Å². The second kappa shape index (κ2) is 7.89. The van der Waals surface area contributed by atoms with Crippen molar-refractivity contribution in [2.75, 3.05) is 0 Å². The van der Waals surface area contributed by atoms with Crippen LogP contribution >= 0.6 is 0 Å². The SMILES string of the molecule is CCCCC1CCC(C(=O)CCC(C)C)CC1. The van der Waals surface area contributed by atoms with E-state index in [1.807, 2.05) is 0 Å². The van der Waals surface area contributed by atoms with Crippen molar-refractivity contribution in [3.05, 3.63) is 0 Å². The summed E-state index contributed by atoms with van der Waals surface area (Å²) < 4.78 is 0. The second-order valence-electron chi connectivity index (χ2n) is 6.26. The van der Waals surface area contributed by atoms with Crippen LogP contribution in [0.2, 0.25) is 0 Å². The average Bonchev–Trinajstić information content (AvgIpc) is 2.34. The zero-order valence-corrected chi connectivity index (χ0v) is 12.0. The van der Waals surface area contributed by atoms with Crippen LogP contribution in [-0.2, 0) is 4.79 Å². The fourth-order valence-corrected chi connectivity index (χ4v) is 2.90. The summed E-state index contributed by atoms with van der Waals surface area (Å²) in [5, 5.41) is 0. The van der Waals surface area contributed by atoms with E-state index in [2.05, 4.69) is 20.8 Å². The lowest BCUT2D eigenvalue weighted by molar-refractivity contribution is -0.124. The maximum Gasteiger partial charge on any atom is 0.135 e. The van der Waals surface area contributed by atoms with E-state index in [0.717, 1.165) is 18.8 Å². The van der Waals surface area contributed by atoms with Crippen molar-refractivity contribution < 1.29 is 4.79 Å². The van der Waals surface area contributed by atoms with Crippen LogP contribution in [0.4, 0.5) is 0 Å². The van der Waals surface area contributed by atoms with E-state index in [1.165, 1.54) is 44.9 Å². The lowest BCUT2D eigenvalue weighted by atomic mass is 9.77. The van der Waals surface area contributed by atoms with Crippen molar-refractivity contribution in [1.82, 2.24) is 0 Å². The van der Waals surface area contributed by atoms with Crippen LogP contribution in [0.15, 0.2) is 0 Å². The van der Waals surface area contributed by atoms with Crippen LogP contribution in [0.5, 0.6) is 0 Å². The molecular formula is C16H30O. The molecule has 1 heteroatoms. The minimum atomic E-state index is 0.409. The van der Waals surface area contributed by atoms with Crippen molar-refractivity contribution in [3.63, 3.8) is 0 Å². The molecule has 1 nitrogen and oxygen atoms in total. The highest BCUT2D eigenvalue weighted by Crippen LogP contribution is 2.33. The third-order valence-corrected chi connectivity index (χ3v) is 4.24. The average molecular weight is 238 g/mol. The molecule has 1 saturated carbocycles. The van der Waals surface area contributed by atoms with Gasteiger partial charge in [0.05, 0.1) is 0 Å². The summed E-state index contributed by atoms with van der Waals surface area (Å²) in [6.45, 7) is 6.67. The van der Waals surface area contributed by atoms with Crippen LogP contribution in [0.3, 0.4) is 0 Å². The number of unbranched alkanes of at least 4 members (excludes halogenated alkanes) is 1. The van der Waals surface area contributed by atoms with Gasteiger partial charge in [-0.1, -0.05) is 40.0 Å². The van der Waals surface area contributed by atoms with E-state index >= 15 is 0 Å². The predicted molar refractivity (Wildman–Crippen MR) is 74.1 cm³/mol. The molecule has 0 bridgehead atoms. The number of hydrogen-bond donors (Lipinski definition) is 0. The molecule has 0 aromatic carbocycles. The molecular weight excluding hydrogens is 208 g/mol. The van der Waals surface area contributed by atoms with Gasteiger partial charge in [0.1, 0.15) is 5.78 Å². The Bertz CT molecular complexity index is 212. The van der Waals surface area contributed by atoms with E-state index in [4.69, 9.17) is 0 Å². The molecule has 0 amide bonds. The van der Waals surface area contributed by atoms with E-state index in [-0.39, 0.29) is 0 Å². The first-order valence-electron chi connectivity index (χ1n) is 7.66. The summed E-state index contributed by atoms with van der Waals surface area (Å²) >= 11 is 0. The van der Waals surface area contributed by atoms with E-state index in [0.29, 0.717) is 17.6 Å². The molecule has 1 rings (SSSR count). The van der Waals surface area contributed by atoms with Gasteiger partial charge in [-0.05, 0) is 43.9 Å². The Hall–Kier alpha value is -0.330. The Morgan fingerprint density at radius 2 is 1.82 bits per heavy atom. The Labute approximate surface area is 107 Å². The number of rotatable bonds is 7. The Morgan fingerprint density at radius 1 is 1.18 bits per heavy atom. The number of carbonyl (C=O) groups excluding carboxylic acids is 1. The highest BCUT2D eigenvalue weighted by atomic mass is 16.1. The second-order valence-corrected chi connectivity index (χ2v) is 6.26. The zero-order chi connectivity index (χ0) is 12.7. The van der Waals surface area contributed by atoms with Crippen molar-refractivity contribution in [3.8, 4) is 0 Å². The molecule has 0 unspecified atom stereocenters. The summed E-state index contributed by atoms with van der Waals surface area (Å²) in [6, 6.07) is 0. The fraction of sp³-hybridized carbons (Fsp3) is 0.938. The van der Waals surface area contributed by atoms with Gasteiger partial charge < -0.3 is 0 Å². The Kier molecular flexibility index (Phi) is 6.84. The number of hydrogen-bond acceptors (Lipinski definition) is 1. The predicted octanol–water partition coefficient (Wildman–Crippen LogP) is 4.99. The van der Waals surface area contributed by atoms with Crippen molar-refractivity contribution in [1.29, 1.82) is 0 Å². The molecule has 1 fully saturated rings. The summed E-state index contributed by atoms with van der Waals surface area (Å²) in [6.07, 6.45) is 10.9. The highest BCUT2D eigenvalue weighted by Gasteiger charge is 2.25. The molecule has 0 saturated heterocycles. The topological polar surface area (TPSA) is 17.1 Å². The summed E-state index contributed by atoms with van der Waals surface area (Å²) in [4.78, 5) is 12.0. The maximum atomic E-state index is 12.0. The lowest BCUT2D eigenvalue weighted by Crippen LogP contribution is -2.22. The molecule has 100 valence electrons. The smallest absolute Gasteiger partial charge is 0.135 e. The fourth-order valence-electron chi connectivity index (χ4n) is 2.90. The molecule has 0 atom stereocenters.